The van der Waals surface area contributed by atoms with Crippen molar-refractivity contribution in [3.8, 4) is 22.8 Å². The summed E-state index contributed by atoms with van der Waals surface area (Å²) in [5, 5.41) is 7.71. The number of benzene rings is 2. The molecule has 26 heavy (non-hydrogen) atoms. The maximum atomic E-state index is 12.2. The lowest BCUT2D eigenvalue weighted by Gasteiger charge is -2.11. The highest BCUT2D eigenvalue weighted by atomic mass is 32.2. The highest BCUT2D eigenvalue weighted by Gasteiger charge is 2.14. The number of hydrogen-bond acceptors (Lipinski definition) is 5. The molecular weight excluding hydrogens is 358 g/mol. The van der Waals surface area contributed by atoms with Crippen molar-refractivity contribution < 1.29 is 18.2 Å². The van der Waals surface area contributed by atoms with Crippen LogP contribution in [0.15, 0.2) is 41.2 Å². The van der Waals surface area contributed by atoms with Crippen molar-refractivity contribution >= 4 is 22.0 Å². The van der Waals surface area contributed by atoms with Crippen LogP contribution in [0.4, 0.5) is 0 Å². The van der Waals surface area contributed by atoms with Gasteiger partial charge in [-0.3, -0.25) is 9.35 Å². The van der Waals surface area contributed by atoms with Crippen LogP contribution in [0.2, 0.25) is 0 Å². The second-order valence-electron chi connectivity index (χ2n) is 5.42. The number of H-pyrrole nitrogens is 1. The maximum absolute atomic E-state index is 12.2. The molecule has 1 unspecified atom stereocenters. The lowest BCUT2D eigenvalue weighted by Crippen LogP contribution is -2.15. The number of nitrogens with zero attached hydrogens (tertiary/aromatic N) is 1. The van der Waals surface area contributed by atoms with Gasteiger partial charge in [-0.2, -0.15) is 5.10 Å². The van der Waals surface area contributed by atoms with Crippen molar-refractivity contribution in [1.82, 2.24) is 14.9 Å². The molecule has 1 heterocycles. The van der Waals surface area contributed by atoms with Crippen LogP contribution >= 0.6 is 0 Å². The number of aromatic nitrogens is 2. The van der Waals surface area contributed by atoms with Crippen LogP contribution in [-0.2, 0) is 17.8 Å². The van der Waals surface area contributed by atoms with Crippen molar-refractivity contribution in [3.63, 3.8) is 0 Å². The number of nitrogens with one attached hydrogen (secondary N) is 2. The Morgan fingerprint density at radius 2 is 1.85 bits per heavy atom. The van der Waals surface area contributed by atoms with Crippen LogP contribution in [0.5, 0.6) is 11.5 Å². The first-order chi connectivity index (χ1) is 12.5. The zero-order chi connectivity index (χ0) is 18.7. The first-order valence-electron chi connectivity index (χ1n) is 7.61. The summed E-state index contributed by atoms with van der Waals surface area (Å²) in [6.07, 6.45) is 0. The van der Waals surface area contributed by atoms with Gasteiger partial charge in [0.2, 0.25) is 11.3 Å². The largest absolute Gasteiger partial charge is 0.493 e. The molecule has 3 N–H and O–H groups in total. The standard InChI is InChI=1S/C17H17N3O5S/c1-24-14-7-12-13(8-15(14)25-2)17(21)20-19-16(12)11-5-3-4-10(6-11)9-18-26(22)23/h3-8,18H,9H2,1-2H3,(H,20,21)(H,22,23). The number of fused-ring (bicyclic) bond motifs is 1. The van der Waals surface area contributed by atoms with E-state index in [2.05, 4.69) is 14.9 Å². The SMILES string of the molecule is COc1cc2c(-c3cccc(CNS(=O)O)c3)n[nH]c(=O)c2cc1OC. The van der Waals surface area contributed by atoms with Gasteiger partial charge in [0, 0.05) is 17.5 Å². The third-order valence-electron chi connectivity index (χ3n) is 3.89. The second-order valence-corrected chi connectivity index (χ2v) is 6.21. The Morgan fingerprint density at radius 3 is 2.50 bits per heavy atom. The van der Waals surface area contributed by atoms with Gasteiger partial charge in [-0.05, 0) is 23.8 Å². The molecule has 0 saturated carbocycles. The van der Waals surface area contributed by atoms with Gasteiger partial charge >= 0.3 is 0 Å². The Morgan fingerprint density at radius 1 is 1.15 bits per heavy atom. The van der Waals surface area contributed by atoms with Gasteiger partial charge in [0.05, 0.1) is 25.3 Å². The molecule has 2 aromatic carbocycles. The van der Waals surface area contributed by atoms with Crippen LogP contribution in [-0.4, -0.2) is 33.2 Å². The summed E-state index contributed by atoms with van der Waals surface area (Å²) in [5.74, 6) is 0.938. The summed E-state index contributed by atoms with van der Waals surface area (Å²) in [6.45, 7) is 0.218. The van der Waals surface area contributed by atoms with E-state index in [1.165, 1.54) is 14.2 Å². The third-order valence-corrected chi connectivity index (χ3v) is 4.28. The topological polar surface area (TPSA) is 114 Å². The fourth-order valence-electron chi connectivity index (χ4n) is 2.68. The minimum Gasteiger partial charge on any atom is -0.493 e. The van der Waals surface area contributed by atoms with Gasteiger partial charge in [-0.1, -0.05) is 18.2 Å². The van der Waals surface area contributed by atoms with E-state index < -0.39 is 11.3 Å². The summed E-state index contributed by atoms with van der Waals surface area (Å²) in [4.78, 5) is 12.2. The van der Waals surface area contributed by atoms with Gasteiger partial charge < -0.3 is 9.47 Å². The number of aromatic amines is 1. The molecule has 0 amide bonds. The van der Waals surface area contributed by atoms with Crippen LogP contribution in [0.1, 0.15) is 5.56 Å². The Labute approximate surface area is 151 Å². The average Bonchev–Trinajstić information content (AvgIpc) is 2.66. The monoisotopic (exact) mass is 375 g/mol. The molecule has 3 rings (SSSR count). The molecule has 1 atom stereocenters. The molecule has 9 heteroatoms. The van der Waals surface area contributed by atoms with E-state index in [-0.39, 0.29) is 12.1 Å². The van der Waals surface area contributed by atoms with E-state index in [9.17, 15) is 9.00 Å². The van der Waals surface area contributed by atoms with Crippen molar-refractivity contribution in [2.75, 3.05) is 14.2 Å². The third kappa shape index (κ3) is 3.59. The number of ether oxygens (including phenoxy) is 2. The molecule has 0 aliphatic heterocycles. The van der Waals surface area contributed by atoms with Crippen LogP contribution in [0, 0.1) is 0 Å². The summed E-state index contributed by atoms with van der Waals surface area (Å²) >= 11 is -2.09. The smallest absolute Gasteiger partial charge is 0.272 e. The maximum Gasteiger partial charge on any atom is 0.272 e. The Balaban J connectivity index is 2.16. The Bertz CT molecular complexity index is 1030. The van der Waals surface area contributed by atoms with Gasteiger partial charge in [0.25, 0.3) is 5.56 Å². The van der Waals surface area contributed by atoms with E-state index in [0.717, 1.165) is 11.1 Å². The molecule has 0 bridgehead atoms. The van der Waals surface area contributed by atoms with Gasteiger partial charge in [-0.15, -0.1) is 0 Å². The zero-order valence-corrected chi connectivity index (χ0v) is 14.9. The molecule has 3 aromatic rings. The quantitative estimate of drug-likeness (QED) is 0.567. The second kappa shape index (κ2) is 7.65. The summed E-state index contributed by atoms with van der Waals surface area (Å²) in [6, 6.07) is 10.6. The molecule has 0 spiro atoms. The number of hydrogen-bond donors (Lipinski definition) is 3. The molecule has 136 valence electrons. The summed E-state index contributed by atoms with van der Waals surface area (Å²) in [5.41, 5.74) is 1.78. The van der Waals surface area contributed by atoms with E-state index in [1.807, 2.05) is 24.3 Å². The van der Waals surface area contributed by atoms with Crippen LogP contribution in [0.25, 0.3) is 22.0 Å². The lowest BCUT2D eigenvalue weighted by atomic mass is 10.0. The Hall–Kier alpha value is -2.75. The summed E-state index contributed by atoms with van der Waals surface area (Å²) < 4.78 is 32.7. The van der Waals surface area contributed by atoms with E-state index in [4.69, 9.17) is 14.0 Å². The first kappa shape index (κ1) is 18.1. The average molecular weight is 375 g/mol. The molecule has 8 nitrogen and oxygen atoms in total. The molecule has 1 aromatic heterocycles. The fraction of sp³-hybridized carbons (Fsp3) is 0.176. The predicted octanol–water partition coefficient (Wildman–Crippen LogP) is 1.83. The molecule has 0 aliphatic carbocycles. The fourth-order valence-corrected chi connectivity index (χ4v) is 2.97. The lowest BCUT2D eigenvalue weighted by molar-refractivity contribution is 0.356. The van der Waals surface area contributed by atoms with E-state index >= 15 is 0 Å². The predicted molar refractivity (Wildman–Crippen MR) is 98.5 cm³/mol. The highest BCUT2D eigenvalue weighted by molar-refractivity contribution is 7.77. The Kier molecular flexibility index (Phi) is 5.31. The van der Waals surface area contributed by atoms with Gasteiger partial charge in [-0.25, -0.2) is 14.0 Å². The van der Waals surface area contributed by atoms with Crippen LogP contribution in [0.3, 0.4) is 0 Å². The van der Waals surface area contributed by atoms with Crippen LogP contribution < -0.4 is 19.8 Å². The molecule has 0 fully saturated rings. The minimum absolute atomic E-state index is 0.218. The van der Waals surface area contributed by atoms with Crippen molar-refractivity contribution in [2.45, 2.75) is 6.54 Å². The number of methoxy groups -OCH3 is 2. The van der Waals surface area contributed by atoms with Crippen molar-refractivity contribution in [2.24, 2.45) is 0 Å². The number of rotatable bonds is 6. The molecule has 0 aliphatic rings. The van der Waals surface area contributed by atoms with E-state index in [1.54, 1.807) is 12.1 Å². The van der Waals surface area contributed by atoms with Gasteiger partial charge in [0.15, 0.2) is 11.5 Å². The molecule has 0 radical (unpaired) electrons. The zero-order valence-electron chi connectivity index (χ0n) is 14.1. The summed E-state index contributed by atoms with van der Waals surface area (Å²) in [7, 11) is 3.02. The van der Waals surface area contributed by atoms with Crippen molar-refractivity contribution in [3.05, 3.63) is 52.3 Å². The van der Waals surface area contributed by atoms with Gasteiger partial charge in [0.1, 0.15) is 0 Å². The first-order valence-corrected chi connectivity index (χ1v) is 8.72. The van der Waals surface area contributed by atoms with Crippen molar-refractivity contribution in [1.29, 1.82) is 0 Å². The molecule has 0 saturated heterocycles. The minimum atomic E-state index is -2.09. The highest BCUT2D eigenvalue weighted by Crippen LogP contribution is 2.34. The molecular formula is C17H17N3O5S. The normalized spacial score (nSPS) is 12.1. The van der Waals surface area contributed by atoms with E-state index in [0.29, 0.717) is 28.0 Å².